The molecule has 0 aromatic heterocycles. The van der Waals surface area contributed by atoms with E-state index in [0.717, 1.165) is 0 Å². The molecule has 0 radical (unpaired) electrons. The molecule has 0 fully saturated rings. The summed E-state index contributed by atoms with van der Waals surface area (Å²) < 4.78 is 0. The Labute approximate surface area is 59.9 Å². The van der Waals surface area contributed by atoms with Crippen molar-refractivity contribution in [2.75, 3.05) is 0 Å². The van der Waals surface area contributed by atoms with Crippen LogP contribution in [0.4, 0.5) is 0 Å². The van der Waals surface area contributed by atoms with Crippen LogP contribution in [0.2, 0.25) is 0 Å². The summed E-state index contributed by atoms with van der Waals surface area (Å²) in [5, 5.41) is 22.7. The largest absolute Gasteiger partial charge is 0.411 e. The van der Waals surface area contributed by atoms with Gasteiger partial charge in [0.15, 0.2) is 0 Å². The van der Waals surface area contributed by atoms with Crippen molar-refractivity contribution < 1.29 is 10.4 Å². The predicted molar refractivity (Wildman–Crippen MR) is 39.0 cm³/mol. The molecule has 4 heteroatoms. The third kappa shape index (κ3) is 2.05. The van der Waals surface area contributed by atoms with Gasteiger partial charge in [0.05, 0.1) is 0 Å². The molecule has 0 saturated heterocycles. The van der Waals surface area contributed by atoms with Crippen molar-refractivity contribution in [3.63, 3.8) is 0 Å². The fourth-order valence-electron chi connectivity index (χ4n) is 0.665. The fourth-order valence-corrected chi connectivity index (χ4v) is 0.665. The predicted octanol–water partition coefficient (Wildman–Crippen LogP) is 1.47. The summed E-state index contributed by atoms with van der Waals surface area (Å²) in [5.41, 5.74) is 0.870. The van der Waals surface area contributed by atoms with Gasteiger partial charge in [-0.15, -0.1) is 0 Å². The SMILES string of the molecule is CCC(=N\O)/C(CC)=N/O. The third-order valence-electron chi connectivity index (χ3n) is 1.24. The molecule has 0 rings (SSSR count). The monoisotopic (exact) mass is 144 g/mol. The van der Waals surface area contributed by atoms with E-state index in [1.165, 1.54) is 0 Å². The Morgan fingerprint density at radius 3 is 1.40 bits per heavy atom. The van der Waals surface area contributed by atoms with E-state index in [1.807, 2.05) is 13.8 Å². The molecule has 0 atom stereocenters. The van der Waals surface area contributed by atoms with Crippen LogP contribution in [-0.4, -0.2) is 21.8 Å². The Balaban J connectivity index is 4.27. The Kier molecular flexibility index (Phi) is 4.28. The third-order valence-corrected chi connectivity index (χ3v) is 1.24. The molecule has 0 unspecified atom stereocenters. The van der Waals surface area contributed by atoms with Crippen LogP contribution in [0, 0.1) is 0 Å². The van der Waals surface area contributed by atoms with Crippen molar-refractivity contribution in [3.05, 3.63) is 0 Å². The first-order chi connectivity index (χ1) is 4.79. The molecule has 0 bridgehead atoms. The molecule has 0 aliphatic heterocycles. The van der Waals surface area contributed by atoms with E-state index in [-0.39, 0.29) is 0 Å². The molecule has 2 N–H and O–H groups in total. The van der Waals surface area contributed by atoms with Gasteiger partial charge in [0, 0.05) is 0 Å². The lowest BCUT2D eigenvalue weighted by atomic mass is 10.1. The summed E-state index contributed by atoms with van der Waals surface area (Å²) in [7, 11) is 0. The van der Waals surface area contributed by atoms with Gasteiger partial charge in [0.2, 0.25) is 0 Å². The van der Waals surface area contributed by atoms with Crippen molar-refractivity contribution in [2.24, 2.45) is 10.3 Å². The van der Waals surface area contributed by atoms with Crippen LogP contribution in [0.15, 0.2) is 10.3 Å². The maximum absolute atomic E-state index is 8.35. The van der Waals surface area contributed by atoms with Gasteiger partial charge in [-0.2, -0.15) is 0 Å². The highest BCUT2D eigenvalue weighted by Gasteiger charge is 2.04. The Morgan fingerprint density at radius 2 is 1.30 bits per heavy atom. The van der Waals surface area contributed by atoms with Crippen molar-refractivity contribution in [2.45, 2.75) is 26.7 Å². The number of oxime groups is 2. The van der Waals surface area contributed by atoms with Gasteiger partial charge in [0.1, 0.15) is 11.4 Å². The van der Waals surface area contributed by atoms with Gasteiger partial charge >= 0.3 is 0 Å². The van der Waals surface area contributed by atoms with Gasteiger partial charge < -0.3 is 10.4 Å². The highest BCUT2D eigenvalue weighted by Crippen LogP contribution is 1.93. The average molecular weight is 144 g/mol. The van der Waals surface area contributed by atoms with Gasteiger partial charge in [-0.25, -0.2) is 0 Å². The molecular formula is C6H12N2O2. The molecular weight excluding hydrogens is 132 g/mol. The molecule has 4 nitrogen and oxygen atoms in total. The van der Waals surface area contributed by atoms with Gasteiger partial charge in [-0.1, -0.05) is 24.2 Å². The number of hydrogen-bond acceptors (Lipinski definition) is 4. The number of hydrogen-bond donors (Lipinski definition) is 2. The summed E-state index contributed by atoms with van der Waals surface area (Å²) in [4.78, 5) is 0. The molecule has 0 aliphatic rings. The quantitative estimate of drug-likeness (QED) is 0.358. The number of nitrogens with zero attached hydrogens (tertiary/aromatic N) is 2. The normalized spacial score (nSPS) is 13.8. The smallest absolute Gasteiger partial charge is 0.104 e. The van der Waals surface area contributed by atoms with Crippen molar-refractivity contribution in [1.82, 2.24) is 0 Å². The van der Waals surface area contributed by atoms with Crippen LogP contribution in [0.1, 0.15) is 26.7 Å². The Morgan fingerprint density at radius 1 is 1.00 bits per heavy atom. The van der Waals surface area contributed by atoms with Crippen LogP contribution < -0.4 is 0 Å². The molecule has 0 amide bonds. The minimum Gasteiger partial charge on any atom is -0.411 e. The first-order valence-corrected chi connectivity index (χ1v) is 3.22. The lowest BCUT2D eigenvalue weighted by Gasteiger charge is -1.98. The summed E-state index contributed by atoms with van der Waals surface area (Å²) >= 11 is 0. The minimum absolute atomic E-state index is 0.435. The standard InChI is InChI=1S/C6H12N2O2/c1-3-5(7-9)6(4-2)8-10/h9-10H,3-4H2,1-2H3/b7-5+,8-6+. The Bertz CT molecular complexity index is 134. The second-order valence-electron chi connectivity index (χ2n) is 1.80. The van der Waals surface area contributed by atoms with E-state index in [0.29, 0.717) is 24.3 Å². The lowest BCUT2D eigenvalue weighted by molar-refractivity contribution is 0.312. The van der Waals surface area contributed by atoms with Gasteiger partial charge in [0.25, 0.3) is 0 Å². The summed E-state index contributed by atoms with van der Waals surface area (Å²) in [5.74, 6) is 0. The van der Waals surface area contributed by atoms with E-state index >= 15 is 0 Å². The summed E-state index contributed by atoms with van der Waals surface area (Å²) in [6.45, 7) is 3.66. The summed E-state index contributed by atoms with van der Waals surface area (Å²) in [6, 6.07) is 0. The molecule has 10 heavy (non-hydrogen) atoms. The van der Waals surface area contributed by atoms with Crippen molar-refractivity contribution >= 4 is 11.4 Å². The molecule has 0 heterocycles. The Hall–Kier alpha value is -1.06. The molecule has 0 saturated carbocycles. The average Bonchev–Trinajstić information content (AvgIpc) is 2.00. The zero-order chi connectivity index (χ0) is 7.98. The lowest BCUT2D eigenvalue weighted by Crippen LogP contribution is -2.11. The zero-order valence-electron chi connectivity index (χ0n) is 6.20. The van der Waals surface area contributed by atoms with Crippen molar-refractivity contribution in [3.8, 4) is 0 Å². The molecule has 0 aliphatic carbocycles. The highest BCUT2D eigenvalue weighted by atomic mass is 16.4. The van der Waals surface area contributed by atoms with Crippen LogP contribution >= 0.6 is 0 Å². The minimum atomic E-state index is 0.435. The van der Waals surface area contributed by atoms with E-state index in [4.69, 9.17) is 10.4 Å². The zero-order valence-corrected chi connectivity index (χ0v) is 6.20. The molecule has 58 valence electrons. The first kappa shape index (κ1) is 8.94. The fraction of sp³-hybridized carbons (Fsp3) is 0.667. The first-order valence-electron chi connectivity index (χ1n) is 3.22. The van der Waals surface area contributed by atoms with E-state index in [2.05, 4.69) is 10.3 Å². The van der Waals surface area contributed by atoms with E-state index < -0.39 is 0 Å². The number of rotatable bonds is 3. The maximum Gasteiger partial charge on any atom is 0.104 e. The van der Waals surface area contributed by atoms with E-state index in [1.54, 1.807) is 0 Å². The van der Waals surface area contributed by atoms with E-state index in [9.17, 15) is 0 Å². The van der Waals surface area contributed by atoms with Crippen LogP contribution in [0.3, 0.4) is 0 Å². The molecule has 0 spiro atoms. The maximum atomic E-state index is 8.35. The van der Waals surface area contributed by atoms with Crippen molar-refractivity contribution in [1.29, 1.82) is 0 Å². The molecule has 0 aromatic carbocycles. The second kappa shape index (κ2) is 4.78. The van der Waals surface area contributed by atoms with Gasteiger partial charge in [-0.3, -0.25) is 0 Å². The highest BCUT2D eigenvalue weighted by molar-refractivity contribution is 6.41. The van der Waals surface area contributed by atoms with Crippen LogP contribution in [0.5, 0.6) is 0 Å². The van der Waals surface area contributed by atoms with Crippen LogP contribution in [-0.2, 0) is 0 Å². The van der Waals surface area contributed by atoms with Crippen LogP contribution in [0.25, 0.3) is 0 Å². The topological polar surface area (TPSA) is 65.2 Å². The second-order valence-corrected chi connectivity index (χ2v) is 1.80. The molecule has 0 aromatic rings. The van der Waals surface area contributed by atoms with Gasteiger partial charge in [-0.05, 0) is 12.8 Å². The summed E-state index contributed by atoms with van der Waals surface area (Å²) in [6.07, 6.45) is 1.15.